The normalized spacial score (nSPS) is 24.4. The van der Waals surface area contributed by atoms with Crippen molar-refractivity contribution in [2.24, 2.45) is 5.92 Å². The van der Waals surface area contributed by atoms with Gasteiger partial charge in [0.1, 0.15) is 6.10 Å². The average molecular weight is 220 g/mol. The molecule has 1 heterocycles. The zero-order valence-electron chi connectivity index (χ0n) is 9.13. The standard InChI is InChI=1S/C13H16O3/c14-7-6-12-9-11(13(15)16-12)8-10-4-2-1-3-5-10/h1-5,11-12,14H,6-9H2/t11-,12-/m1/s1. The van der Waals surface area contributed by atoms with Crippen LogP contribution in [0.15, 0.2) is 30.3 Å². The predicted octanol–water partition coefficient (Wildman–Crippen LogP) is 1.54. The lowest BCUT2D eigenvalue weighted by molar-refractivity contribution is -0.144. The Morgan fingerprint density at radius 2 is 2.06 bits per heavy atom. The van der Waals surface area contributed by atoms with Crippen LogP contribution in [0.3, 0.4) is 0 Å². The number of benzene rings is 1. The fraction of sp³-hybridized carbons (Fsp3) is 0.462. The molecule has 16 heavy (non-hydrogen) atoms. The van der Waals surface area contributed by atoms with E-state index in [1.165, 1.54) is 0 Å². The van der Waals surface area contributed by atoms with Crippen LogP contribution < -0.4 is 0 Å². The van der Waals surface area contributed by atoms with E-state index in [1.54, 1.807) is 0 Å². The SMILES string of the molecule is O=C1O[C@H](CCO)C[C@H]1Cc1ccccc1. The van der Waals surface area contributed by atoms with Crippen LogP contribution in [0.2, 0.25) is 0 Å². The number of esters is 1. The highest BCUT2D eigenvalue weighted by atomic mass is 16.6. The van der Waals surface area contributed by atoms with Crippen molar-refractivity contribution in [3.05, 3.63) is 35.9 Å². The molecule has 0 amide bonds. The number of hydrogen-bond donors (Lipinski definition) is 1. The fourth-order valence-electron chi connectivity index (χ4n) is 2.11. The Hall–Kier alpha value is -1.35. The van der Waals surface area contributed by atoms with E-state index in [0.29, 0.717) is 6.42 Å². The number of aliphatic hydroxyl groups is 1. The maximum atomic E-state index is 11.6. The Balaban J connectivity index is 1.94. The number of aliphatic hydroxyl groups excluding tert-OH is 1. The van der Waals surface area contributed by atoms with Gasteiger partial charge in [-0.15, -0.1) is 0 Å². The summed E-state index contributed by atoms with van der Waals surface area (Å²) in [5.74, 6) is -0.166. The molecule has 2 atom stereocenters. The van der Waals surface area contributed by atoms with E-state index in [1.807, 2.05) is 30.3 Å². The third-order valence-corrected chi connectivity index (χ3v) is 2.94. The van der Waals surface area contributed by atoms with Gasteiger partial charge in [0.15, 0.2) is 0 Å². The van der Waals surface area contributed by atoms with E-state index in [0.717, 1.165) is 18.4 Å². The highest BCUT2D eigenvalue weighted by Crippen LogP contribution is 2.26. The fourth-order valence-corrected chi connectivity index (χ4v) is 2.11. The van der Waals surface area contributed by atoms with E-state index in [9.17, 15) is 4.79 Å². The lowest BCUT2D eigenvalue weighted by Gasteiger charge is -2.05. The number of carbonyl (C=O) groups is 1. The zero-order valence-corrected chi connectivity index (χ0v) is 9.13. The minimum Gasteiger partial charge on any atom is -0.462 e. The lowest BCUT2D eigenvalue weighted by atomic mass is 9.95. The van der Waals surface area contributed by atoms with Gasteiger partial charge < -0.3 is 9.84 Å². The first-order chi connectivity index (χ1) is 7.79. The largest absolute Gasteiger partial charge is 0.462 e. The second-order valence-electron chi connectivity index (χ2n) is 4.19. The molecule has 1 aliphatic heterocycles. The van der Waals surface area contributed by atoms with Gasteiger partial charge in [-0.05, 0) is 18.4 Å². The second kappa shape index (κ2) is 5.12. The zero-order chi connectivity index (χ0) is 11.4. The molecule has 1 fully saturated rings. The predicted molar refractivity (Wildman–Crippen MR) is 59.8 cm³/mol. The molecule has 3 heteroatoms. The van der Waals surface area contributed by atoms with Gasteiger partial charge in [0.25, 0.3) is 0 Å². The molecule has 1 N–H and O–H groups in total. The summed E-state index contributed by atoms with van der Waals surface area (Å²) < 4.78 is 5.19. The molecule has 2 rings (SSSR count). The Bertz CT molecular complexity index is 347. The van der Waals surface area contributed by atoms with Crippen LogP contribution in [-0.2, 0) is 16.0 Å². The van der Waals surface area contributed by atoms with Crippen LogP contribution in [-0.4, -0.2) is 23.8 Å². The van der Waals surface area contributed by atoms with Gasteiger partial charge in [-0.2, -0.15) is 0 Å². The number of cyclic esters (lactones) is 1. The molecule has 3 nitrogen and oxygen atoms in total. The third kappa shape index (κ3) is 2.61. The molecule has 0 saturated carbocycles. The molecule has 0 aromatic heterocycles. The maximum absolute atomic E-state index is 11.6. The van der Waals surface area contributed by atoms with Gasteiger partial charge in [0, 0.05) is 13.0 Å². The Morgan fingerprint density at radius 3 is 2.75 bits per heavy atom. The van der Waals surface area contributed by atoms with Crippen molar-refractivity contribution in [2.75, 3.05) is 6.61 Å². The van der Waals surface area contributed by atoms with E-state index in [2.05, 4.69) is 0 Å². The monoisotopic (exact) mass is 220 g/mol. The van der Waals surface area contributed by atoms with E-state index in [4.69, 9.17) is 9.84 Å². The van der Waals surface area contributed by atoms with Crippen molar-refractivity contribution in [1.82, 2.24) is 0 Å². The molecule has 1 aliphatic rings. The minimum absolute atomic E-state index is 0.0426. The van der Waals surface area contributed by atoms with Gasteiger partial charge in [-0.25, -0.2) is 0 Å². The summed E-state index contributed by atoms with van der Waals surface area (Å²) >= 11 is 0. The Kier molecular flexibility index (Phi) is 3.57. The number of carbonyl (C=O) groups excluding carboxylic acids is 1. The molecule has 0 radical (unpaired) electrons. The molecule has 1 aromatic carbocycles. The summed E-state index contributed by atoms with van der Waals surface area (Å²) in [5, 5.41) is 8.80. The third-order valence-electron chi connectivity index (χ3n) is 2.94. The van der Waals surface area contributed by atoms with Crippen LogP contribution in [0.5, 0.6) is 0 Å². The van der Waals surface area contributed by atoms with Gasteiger partial charge in [-0.1, -0.05) is 30.3 Å². The topological polar surface area (TPSA) is 46.5 Å². The van der Waals surface area contributed by atoms with Crippen molar-refractivity contribution < 1.29 is 14.6 Å². The van der Waals surface area contributed by atoms with Gasteiger partial charge in [0.2, 0.25) is 0 Å². The summed E-state index contributed by atoms with van der Waals surface area (Å²) in [6, 6.07) is 9.95. The number of hydrogen-bond acceptors (Lipinski definition) is 3. The van der Waals surface area contributed by atoms with Crippen LogP contribution in [0.1, 0.15) is 18.4 Å². The summed E-state index contributed by atoms with van der Waals surface area (Å²) in [6.45, 7) is 0.0794. The molecule has 86 valence electrons. The van der Waals surface area contributed by atoms with Crippen molar-refractivity contribution >= 4 is 5.97 Å². The Labute approximate surface area is 95.0 Å². The van der Waals surface area contributed by atoms with Gasteiger partial charge in [0.05, 0.1) is 5.92 Å². The first-order valence-corrected chi connectivity index (χ1v) is 5.65. The van der Waals surface area contributed by atoms with Gasteiger partial charge in [-0.3, -0.25) is 4.79 Å². The van der Waals surface area contributed by atoms with Crippen LogP contribution >= 0.6 is 0 Å². The average Bonchev–Trinajstić information content (AvgIpc) is 2.61. The molecule has 1 aromatic rings. The smallest absolute Gasteiger partial charge is 0.309 e. The number of rotatable bonds is 4. The van der Waals surface area contributed by atoms with Crippen molar-refractivity contribution in [3.63, 3.8) is 0 Å². The summed E-state index contributed by atoms with van der Waals surface area (Å²) in [4.78, 5) is 11.6. The van der Waals surface area contributed by atoms with Crippen molar-refractivity contribution in [1.29, 1.82) is 0 Å². The van der Waals surface area contributed by atoms with Crippen molar-refractivity contribution in [3.8, 4) is 0 Å². The molecule has 0 spiro atoms. The van der Waals surface area contributed by atoms with Crippen LogP contribution in [0.4, 0.5) is 0 Å². The summed E-state index contributed by atoms with van der Waals surface area (Å²) in [7, 11) is 0. The number of ether oxygens (including phenoxy) is 1. The van der Waals surface area contributed by atoms with E-state index in [-0.39, 0.29) is 24.6 Å². The Morgan fingerprint density at radius 1 is 1.31 bits per heavy atom. The molecule has 0 bridgehead atoms. The molecule has 1 saturated heterocycles. The highest BCUT2D eigenvalue weighted by Gasteiger charge is 2.33. The summed E-state index contributed by atoms with van der Waals surface area (Å²) in [5.41, 5.74) is 1.16. The molecule has 0 aliphatic carbocycles. The molecular formula is C13H16O3. The second-order valence-corrected chi connectivity index (χ2v) is 4.19. The lowest BCUT2D eigenvalue weighted by Crippen LogP contribution is -2.10. The van der Waals surface area contributed by atoms with Crippen molar-refractivity contribution in [2.45, 2.75) is 25.4 Å². The van der Waals surface area contributed by atoms with Crippen LogP contribution in [0, 0.1) is 5.92 Å². The maximum Gasteiger partial charge on any atom is 0.309 e. The van der Waals surface area contributed by atoms with E-state index >= 15 is 0 Å². The van der Waals surface area contributed by atoms with E-state index < -0.39 is 0 Å². The molecule has 0 unspecified atom stereocenters. The highest BCUT2D eigenvalue weighted by molar-refractivity contribution is 5.75. The quantitative estimate of drug-likeness (QED) is 0.783. The summed E-state index contributed by atoms with van der Waals surface area (Å²) in [6.07, 6.45) is 1.93. The van der Waals surface area contributed by atoms with Gasteiger partial charge >= 0.3 is 5.97 Å². The first-order valence-electron chi connectivity index (χ1n) is 5.65. The minimum atomic E-state index is -0.123. The first kappa shape index (κ1) is 11.1. The van der Waals surface area contributed by atoms with Crippen LogP contribution in [0.25, 0.3) is 0 Å². The molecular weight excluding hydrogens is 204 g/mol.